The predicted molar refractivity (Wildman–Crippen MR) is 162 cm³/mol. The molecule has 2 atom stereocenters. The van der Waals surface area contributed by atoms with Gasteiger partial charge in [-0.3, -0.25) is 15.0 Å². The quantitative estimate of drug-likeness (QED) is 0.349. The number of hydrogen-bond acceptors (Lipinski definition) is 8. The van der Waals surface area contributed by atoms with E-state index in [0.717, 1.165) is 16.8 Å². The third-order valence-corrected chi connectivity index (χ3v) is 7.45. The number of Topliss-reactive ketones (excluding diaryl/α,β-unsaturated/α-hetero) is 1. The van der Waals surface area contributed by atoms with E-state index in [-0.39, 0.29) is 59.6 Å². The summed E-state index contributed by atoms with van der Waals surface area (Å²) in [6.45, 7) is 6.94. The van der Waals surface area contributed by atoms with Gasteiger partial charge in [-0.25, -0.2) is 0 Å². The summed E-state index contributed by atoms with van der Waals surface area (Å²) in [4.78, 5) is 31.6. The number of carbonyl (C=O) groups excluding carboxylic acids is 2. The zero-order valence-corrected chi connectivity index (χ0v) is 25.9. The average molecular weight is 619 g/mol. The fourth-order valence-electron chi connectivity index (χ4n) is 5.27. The molecule has 10 nitrogen and oxygen atoms in total. The highest BCUT2D eigenvalue weighted by Gasteiger charge is 2.35. The molecule has 1 saturated heterocycles. The highest BCUT2D eigenvalue weighted by Crippen LogP contribution is 2.41. The molecule has 2 aromatic rings. The highest BCUT2D eigenvalue weighted by atomic mass is 79.9. The topological polar surface area (TPSA) is 129 Å². The smallest absolute Gasteiger partial charge is 0.253 e. The highest BCUT2D eigenvalue weighted by molar-refractivity contribution is 8.93. The number of hydrogen-bond donors (Lipinski definition) is 4. The molecule has 1 fully saturated rings. The number of aliphatic hydroxyl groups is 2. The summed E-state index contributed by atoms with van der Waals surface area (Å²) in [6.07, 6.45) is -1.77. The summed E-state index contributed by atoms with van der Waals surface area (Å²) in [5, 5.41) is 31.8. The van der Waals surface area contributed by atoms with Crippen LogP contribution in [-0.4, -0.2) is 92.7 Å². The maximum absolute atomic E-state index is 13.7. The zero-order chi connectivity index (χ0) is 28.8. The Bertz CT molecular complexity index is 1310. The molecule has 11 heteroatoms. The van der Waals surface area contributed by atoms with Crippen LogP contribution in [0.4, 0.5) is 11.4 Å². The first-order valence-corrected chi connectivity index (χ1v) is 13.0. The number of amides is 1. The number of fused-ring (bicyclic) bond motifs is 1. The Labute approximate surface area is 246 Å². The Balaban J connectivity index is 0.00000441. The van der Waals surface area contributed by atoms with Gasteiger partial charge in [0, 0.05) is 63.2 Å². The molecule has 2 aliphatic heterocycles. The molecule has 4 N–H and O–H groups in total. The molecule has 0 radical (unpaired) electrons. The lowest BCUT2D eigenvalue weighted by Gasteiger charge is -2.29. The molecule has 0 aromatic heterocycles. The van der Waals surface area contributed by atoms with E-state index in [0.29, 0.717) is 34.7 Å². The fraction of sp³-hybridized carbons (Fsp3) is 0.483. The Morgan fingerprint density at radius 1 is 1.12 bits per heavy atom. The molecular weight excluding hydrogens is 578 g/mol. The van der Waals surface area contributed by atoms with Crippen LogP contribution in [0.1, 0.15) is 58.2 Å². The van der Waals surface area contributed by atoms with Crippen molar-refractivity contribution < 1.29 is 24.5 Å². The van der Waals surface area contributed by atoms with E-state index < -0.39 is 12.2 Å². The summed E-state index contributed by atoms with van der Waals surface area (Å²) < 4.78 is 5.79. The molecule has 218 valence electrons. The number of carbonyl (C=O) groups is 2. The van der Waals surface area contributed by atoms with Crippen LogP contribution < -0.4 is 19.9 Å². The standard InChI is InChI=1S/C29H39N5O5.BrH/c1-29(2,3)20-8-16(9-22(26(20)39-7)33-14-24(36)25(37)15-33)23(35)13-34-12-17-10-21(32(5)6)19(28(38)31-4)11-18(17)27(34)30;/h8-11,24-25,30,36-37H,12-15H2,1-7H3,(H,31,38);1H. The molecule has 0 aliphatic carbocycles. The maximum atomic E-state index is 13.7. The molecule has 0 spiro atoms. The van der Waals surface area contributed by atoms with E-state index in [1.807, 2.05) is 56.8 Å². The second-order valence-electron chi connectivity index (χ2n) is 11.5. The maximum Gasteiger partial charge on any atom is 0.253 e. The van der Waals surface area contributed by atoms with Crippen molar-refractivity contribution in [2.75, 3.05) is 57.7 Å². The third kappa shape index (κ3) is 5.82. The minimum atomic E-state index is -0.887. The third-order valence-electron chi connectivity index (χ3n) is 7.45. The van der Waals surface area contributed by atoms with Gasteiger partial charge in [-0.15, -0.1) is 17.0 Å². The van der Waals surface area contributed by atoms with Gasteiger partial charge in [0.15, 0.2) is 5.78 Å². The zero-order valence-electron chi connectivity index (χ0n) is 24.2. The first kappa shape index (κ1) is 31.4. The predicted octanol–water partition coefficient (Wildman–Crippen LogP) is 2.56. The molecular formula is C29H40BrN5O5. The Morgan fingerprint density at radius 2 is 1.75 bits per heavy atom. The van der Waals surface area contributed by atoms with Gasteiger partial charge in [0.25, 0.3) is 5.91 Å². The molecule has 40 heavy (non-hydrogen) atoms. The number of β-amino-alcohol motifs (C(OH)–C–C–N with tert-alkyl or cyclic N) is 2. The second kappa shape index (κ2) is 11.8. The van der Waals surface area contributed by atoms with E-state index in [1.165, 1.54) is 0 Å². The Hall–Kier alpha value is -3.15. The molecule has 1 amide bonds. The summed E-state index contributed by atoms with van der Waals surface area (Å²) >= 11 is 0. The number of nitrogens with zero attached hydrogens (tertiary/aromatic N) is 3. The average Bonchev–Trinajstić information content (AvgIpc) is 3.38. The lowest BCUT2D eigenvalue weighted by Crippen LogP contribution is -2.31. The molecule has 4 rings (SSSR count). The van der Waals surface area contributed by atoms with E-state index >= 15 is 0 Å². The number of rotatable bonds is 7. The molecule has 2 aliphatic rings. The van der Waals surface area contributed by atoms with Gasteiger partial charge < -0.3 is 35.0 Å². The monoisotopic (exact) mass is 617 g/mol. The van der Waals surface area contributed by atoms with Gasteiger partial charge in [0.2, 0.25) is 0 Å². The first-order chi connectivity index (χ1) is 18.3. The fourth-order valence-corrected chi connectivity index (χ4v) is 5.27. The van der Waals surface area contributed by atoms with Gasteiger partial charge in [0.1, 0.15) is 11.6 Å². The van der Waals surface area contributed by atoms with Crippen molar-refractivity contribution in [3.05, 3.63) is 52.1 Å². The molecule has 2 unspecified atom stereocenters. The minimum Gasteiger partial charge on any atom is -0.494 e. The minimum absolute atomic E-state index is 0. The van der Waals surface area contributed by atoms with Crippen LogP contribution >= 0.6 is 17.0 Å². The molecule has 2 aromatic carbocycles. The van der Waals surface area contributed by atoms with Crippen molar-refractivity contribution in [1.82, 2.24) is 10.2 Å². The van der Waals surface area contributed by atoms with Crippen molar-refractivity contribution in [2.45, 2.75) is 44.9 Å². The number of benzene rings is 2. The van der Waals surface area contributed by atoms with Crippen molar-refractivity contribution in [1.29, 1.82) is 5.41 Å². The number of ketones is 1. The number of nitrogens with one attached hydrogen (secondary N) is 2. The number of amidine groups is 1. The van der Waals surface area contributed by atoms with Gasteiger partial charge in [-0.1, -0.05) is 20.8 Å². The number of methoxy groups -OCH3 is 1. The van der Waals surface area contributed by atoms with E-state index in [2.05, 4.69) is 5.32 Å². The lowest BCUT2D eigenvalue weighted by atomic mass is 9.84. The number of ether oxygens (including phenoxy) is 1. The van der Waals surface area contributed by atoms with Crippen LogP contribution in [0.25, 0.3) is 0 Å². The van der Waals surface area contributed by atoms with Crippen LogP contribution in [0.5, 0.6) is 5.75 Å². The lowest BCUT2D eigenvalue weighted by molar-refractivity contribution is 0.0572. The largest absolute Gasteiger partial charge is 0.494 e. The Kier molecular flexibility index (Phi) is 9.22. The van der Waals surface area contributed by atoms with Crippen molar-refractivity contribution in [3.63, 3.8) is 0 Å². The van der Waals surface area contributed by atoms with E-state index in [1.54, 1.807) is 31.2 Å². The normalized spacial score (nSPS) is 18.4. The summed E-state index contributed by atoms with van der Waals surface area (Å²) in [5.74, 6) is 0.409. The van der Waals surface area contributed by atoms with Crippen molar-refractivity contribution in [2.24, 2.45) is 0 Å². The molecule has 2 heterocycles. The molecule has 0 saturated carbocycles. The number of anilines is 2. The van der Waals surface area contributed by atoms with Gasteiger partial charge in [-0.2, -0.15) is 0 Å². The number of aliphatic hydroxyl groups excluding tert-OH is 2. The van der Waals surface area contributed by atoms with Gasteiger partial charge in [-0.05, 0) is 35.2 Å². The molecule has 0 bridgehead atoms. The van der Waals surface area contributed by atoms with Crippen LogP contribution in [-0.2, 0) is 12.0 Å². The number of halogens is 1. The first-order valence-electron chi connectivity index (χ1n) is 13.0. The van der Waals surface area contributed by atoms with E-state index in [9.17, 15) is 19.8 Å². The summed E-state index contributed by atoms with van der Waals surface area (Å²) in [7, 11) is 6.88. The van der Waals surface area contributed by atoms with Crippen molar-refractivity contribution >= 4 is 45.9 Å². The Morgan fingerprint density at radius 3 is 2.27 bits per heavy atom. The van der Waals surface area contributed by atoms with E-state index in [4.69, 9.17) is 10.1 Å². The summed E-state index contributed by atoms with van der Waals surface area (Å²) in [6, 6.07) is 7.23. The van der Waals surface area contributed by atoms with Gasteiger partial charge >= 0.3 is 0 Å². The van der Waals surface area contributed by atoms with Crippen molar-refractivity contribution in [3.8, 4) is 5.75 Å². The van der Waals surface area contributed by atoms with Crippen LogP contribution in [0.2, 0.25) is 0 Å². The van der Waals surface area contributed by atoms with Crippen LogP contribution in [0, 0.1) is 5.41 Å². The van der Waals surface area contributed by atoms with Gasteiger partial charge in [0.05, 0.1) is 37.1 Å². The van der Waals surface area contributed by atoms with Crippen LogP contribution in [0.15, 0.2) is 24.3 Å². The van der Waals surface area contributed by atoms with Crippen LogP contribution in [0.3, 0.4) is 0 Å². The summed E-state index contributed by atoms with van der Waals surface area (Å²) in [5.41, 5.74) is 4.36. The SMILES string of the molecule is Br.CNC(=O)c1cc2c(cc1N(C)C)CN(CC(=O)c1cc(N3CC(O)C(O)C3)c(OC)c(C(C)(C)C)c1)C2=N. The second-order valence-corrected chi connectivity index (χ2v) is 11.5.